The molecule has 72 valence electrons. The van der Waals surface area contributed by atoms with Gasteiger partial charge in [-0.05, 0) is 34.7 Å². The molecule has 14 heavy (non-hydrogen) atoms. The number of hydrogen-bond acceptors (Lipinski definition) is 4. The van der Waals surface area contributed by atoms with E-state index in [-0.39, 0.29) is 0 Å². The largest absolute Gasteiger partial charge is 0.324 e. The molecule has 0 saturated heterocycles. The van der Waals surface area contributed by atoms with Crippen molar-refractivity contribution in [1.82, 2.24) is 20.2 Å². The van der Waals surface area contributed by atoms with Crippen LogP contribution in [0.1, 0.15) is 5.82 Å². The van der Waals surface area contributed by atoms with E-state index in [1.54, 1.807) is 16.8 Å². The number of nitrogens with two attached hydrogens (primary N) is 1. The Balaban J connectivity index is 2.44. The lowest BCUT2D eigenvalue weighted by Crippen LogP contribution is -2.07. The van der Waals surface area contributed by atoms with E-state index in [1.165, 1.54) is 0 Å². The van der Waals surface area contributed by atoms with Crippen molar-refractivity contribution < 1.29 is 0 Å². The second-order valence-corrected chi connectivity index (χ2v) is 3.12. The van der Waals surface area contributed by atoms with Crippen molar-refractivity contribution in [3.05, 3.63) is 35.1 Å². The quantitative estimate of drug-likeness (QED) is 0.794. The molecule has 0 aliphatic rings. The normalized spacial score (nSPS) is 10.4. The molecule has 0 amide bonds. The third-order valence-electron chi connectivity index (χ3n) is 1.79. The molecule has 1 heterocycles. The lowest BCUT2D eigenvalue weighted by molar-refractivity contribution is 0.761. The summed E-state index contributed by atoms with van der Waals surface area (Å²) < 4.78 is 1.58. The Morgan fingerprint density at radius 2 is 2.00 bits per heavy atom. The van der Waals surface area contributed by atoms with Gasteiger partial charge in [0.25, 0.3) is 0 Å². The fraction of sp³-hybridized carbons (Fsp3) is 0.125. The Kier molecular flexibility index (Phi) is 2.43. The van der Waals surface area contributed by atoms with Gasteiger partial charge in [0.1, 0.15) is 0 Å². The van der Waals surface area contributed by atoms with Gasteiger partial charge in [-0.2, -0.15) is 4.68 Å². The van der Waals surface area contributed by atoms with Crippen LogP contribution in [0, 0.1) is 0 Å². The maximum Gasteiger partial charge on any atom is 0.170 e. The number of tetrazole rings is 1. The zero-order valence-electron chi connectivity index (χ0n) is 7.26. The van der Waals surface area contributed by atoms with Crippen LogP contribution in [0.25, 0.3) is 5.69 Å². The molecule has 0 unspecified atom stereocenters. The second-order valence-electron chi connectivity index (χ2n) is 2.69. The van der Waals surface area contributed by atoms with Crippen molar-refractivity contribution >= 4 is 11.6 Å². The number of aromatic nitrogens is 4. The summed E-state index contributed by atoms with van der Waals surface area (Å²) in [6.07, 6.45) is 0. The fourth-order valence-electron chi connectivity index (χ4n) is 1.12. The third kappa shape index (κ3) is 1.59. The van der Waals surface area contributed by atoms with E-state index in [4.69, 9.17) is 17.3 Å². The molecular weight excluding hydrogens is 202 g/mol. The minimum atomic E-state index is 0.301. The Labute approximate surface area is 85.5 Å². The highest BCUT2D eigenvalue weighted by atomic mass is 35.5. The minimum absolute atomic E-state index is 0.301. The average molecular weight is 210 g/mol. The summed E-state index contributed by atoms with van der Waals surface area (Å²) in [5.41, 5.74) is 6.32. The Hall–Kier alpha value is -1.46. The zero-order valence-corrected chi connectivity index (χ0v) is 8.02. The average Bonchev–Trinajstić information content (AvgIpc) is 2.67. The van der Waals surface area contributed by atoms with Gasteiger partial charge in [-0.15, -0.1) is 5.10 Å². The highest BCUT2D eigenvalue weighted by Crippen LogP contribution is 2.12. The van der Waals surface area contributed by atoms with E-state index < -0.39 is 0 Å². The first kappa shape index (κ1) is 9.11. The number of rotatable bonds is 2. The van der Waals surface area contributed by atoms with E-state index in [9.17, 15) is 0 Å². The van der Waals surface area contributed by atoms with Crippen molar-refractivity contribution in [2.24, 2.45) is 5.73 Å². The summed E-state index contributed by atoms with van der Waals surface area (Å²) in [7, 11) is 0. The molecule has 5 nitrogen and oxygen atoms in total. The van der Waals surface area contributed by atoms with Crippen LogP contribution in [0.3, 0.4) is 0 Å². The van der Waals surface area contributed by atoms with Crippen LogP contribution in [0.4, 0.5) is 0 Å². The topological polar surface area (TPSA) is 69.6 Å². The highest BCUT2D eigenvalue weighted by molar-refractivity contribution is 6.30. The Bertz CT molecular complexity index is 422. The lowest BCUT2D eigenvalue weighted by atomic mass is 10.3. The molecule has 2 rings (SSSR count). The van der Waals surface area contributed by atoms with Gasteiger partial charge in [-0.1, -0.05) is 11.6 Å². The van der Waals surface area contributed by atoms with Gasteiger partial charge in [-0.25, -0.2) is 0 Å². The zero-order chi connectivity index (χ0) is 9.97. The van der Waals surface area contributed by atoms with E-state index in [2.05, 4.69) is 15.5 Å². The van der Waals surface area contributed by atoms with E-state index in [0.717, 1.165) is 5.69 Å². The van der Waals surface area contributed by atoms with E-state index in [0.29, 0.717) is 17.4 Å². The van der Waals surface area contributed by atoms with Crippen molar-refractivity contribution in [3.8, 4) is 5.69 Å². The summed E-state index contributed by atoms with van der Waals surface area (Å²) in [4.78, 5) is 0. The molecule has 6 heteroatoms. The molecule has 2 N–H and O–H groups in total. The maximum absolute atomic E-state index is 5.76. The van der Waals surface area contributed by atoms with Crippen LogP contribution in [0.15, 0.2) is 24.3 Å². The highest BCUT2D eigenvalue weighted by Gasteiger charge is 2.05. The summed E-state index contributed by atoms with van der Waals surface area (Å²) in [5, 5.41) is 11.8. The molecule has 0 saturated carbocycles. The van der Waals surface area contributed by atoms with Gasteiger partial charge in [0, 0.05) is 5.02 Å². The first-order valence-corrected chi connectivity index (χ1v) is 4.42. The number of hydrogen-bond donors (Lipinski definition) is 1. The van der Waals surface area contributed by atoms with Gasteiger partial charge >= 0.3 is 0 Å². The molecule has 0 aliphatic carbocycles. The standard InChI is InChI=1S/C8H8ClN5/c9-6-1-3-7(4-2-6)14-8(5-10)11-12-13-14/h1-4H,5,10H2. The van der Waals surface area contributed by atoms with Crippen LogP contribution in [-0.2, 0) is 6.54 Å². The van der Waals surface area contributed by atoms with Gasteiger partial charge < -0.3 is 5.73 Å². The molecular formula is C8H8ClN5. The molecule has 1 aromatic carbocycles. The SMILES string of the molecule is NCc1nnnn1-c1ccc(Cl)cc1. The molecule has 0 atom stereocenters. The van der Waals surface area contributed by atoms with Crippen LogP contribution in [0.2, 0.25) is 5.02 Å². The first-order valence-electron chi connectivity index (χ1n) is 4.04. The maximum atomic E-state index is 5.76. The Morgan fingerprint density at radius 1 is 1.29 bits per heavy atom. The number of nitrogens with zero attached hydrogens (tertiary/aromatic N) is 4. The number of benzene rings is 1. The van der Waals surface area contributed by atoms with Crippen LogP contribution in [0.5, 0.6) is 0 Å². The van der Waals surface area contributed by atoms with Crippen molar-refractivity contribution in [2.75, 3.05) is 0 Å². The summed E-state index contributed by atoms with van der Waals surface area (Å²) in [6.45, 7) is 0.301. The molecule has 1 aromatic heterocycles. The fourth-order valence-corrected chi connectivity index (χ4v) is 1.24. The monoisotopic (exact) mass is 209 g/mol. The molecule has 0 fully saturated rings. The third-order valence-corrected chi connectivity index (χ3v) is 2.04. The molecule has 2 aromatic rings. The predicted octanol–water partition coefficient (Wildman–Crippen LogP) is 0.774. The Morgan fingerprint density at radius 3 is 2.64 bits per heavy atom. The van der Waals surface area contributed by atoms with Crippen molar-refractivity contribution in [2.45, 2.75) is 6.54 Å². The smallest absolute Gasteiger partial charge is 0.170 e. The van der Waals surface area contributed by atoms with Crippen LogP contribution in [-0.4, -0.2) is 20.2 Å². The molecule has 0 aliphatic heterocycles. The lowest BCUT2D eigenvalue weighted by Gasteiger charge is -2.01. The summed E-state index contributed by atoms with van der Waals surface area (Å²) >= 11 is 5.76. The predicted molar refractivity (Wildman–Crippen MR) is 52.1 cm³/mol. The van der Waals surface area contributed by atoms with E-state index in [1.807, 2.05) is 12.1 Å². The second kappa shape index (κ2) is 3.73. The van der Waals surface area contributed by atoms with Gasteiger partial charge in [0.2, 0.25) is 0 Å². The van der Waals surface area contributed by atoms with E-state index >= 15 is 0 Å². The molecule has 0 radical (unpaired) electrons. The van der Waals surface area contributed by atoms with Crippen molar-refractivity contribution in [1.29, 1.82) is 0 Å². The summed E-state index contributed by atoms with van der Waals surface area (Å²) in [5.74, 6) is 0.618. The molecule has 0 bridgehead atoms. The van der Waals surface area contributed by atoms with Crippen molar-refractivity contribution in [3.63, 3.8) is 0 Å². The van der Waals surface area contributed by atoms with Crippen LogP contribution >= 0.6 is 11.6 Å². The van der Waals surface area contributed by atoms with Gasteiger partial charge in [0.15, 0.2) is 5.82 Å². The molecule has 0 spiro atoms. The first-order chi connectivity index (χ1) is 6.81. The van der Waals surface area contributed by atoms with Gasteiger partial charge in [0.05, 0.1) is 12.2 Å². The summed E-state index contributed by atoms with van der Waals surface area (Å²) in [6, 6.07) is 7.22. The van der Waals surface area contributed by atoms with Gasteiger partial charge in [-0.3, -0.25) is 0 Å². The van der Waals surface area contributed by atoms with Crippen LogP contribution < -0.4 is 5.73 Å². The minimum Gasteiger partial charge on any atom is -0.324 e. The number of halogens is 1.